The molecule has 2 aromatic rings. The number of rotatable bonds is 5. The molecule has 1 saturated carbocycles. The van der Waals surface area contributed by atoms with Crippen LogP contribution in [0.3, 0.4) is 0 Å². The Morgan fingerprint density at radius 1 is 1.25 bits per heavy atom. The van der Waals surface area contributed by atoms with E-state index in [1.54, 1.807) is 12.4 Å². The van der Waals surface area contributed by atoms with Crippen LogP contribution < -0.4 is 4.90 Å². The van der Waals surface area contributed by atoms with Gasteiger partial charge < -0.3 is 19.5 Å². The third-order valence-electron chi connectivity index (χ3n) is 5.27. The van der Waals surface area contributed by atoms with Crippen molar-refractivity contribution in [3.05, 3.63) is 48.0 Å². The molecule has 1 unspecified atom stereocenters. The topological polar surface area (TPSA) is 97.7 Å². The number of hydrogen-bond donors (Lipinski definition) is 1. The van der Waals surface area contributed by atoms with Gasteiger partial charge in [-0.3, -0.25) is 4.98 Å². The van der Waals surface area contributed by atoms with E-state index in [0.29, 0.717) is 18.6 Å². The highest BCUT2D eigenvalue weighted by molar-refractivity contribution is 5.73. The van der Waals surface area contributed by atoms with Crippen molar-refractivity contribution in [3.8, 4) is 0 Å². The fourth-order valence-electron chi connectivity index (χ4n) is 3.79. The SMILES string of the molecule is Cc1cnc(N2CCO[C@H]3CC(COCc4ccncc4)C[C@@H]32)nc1.O=C(O)C(F)(F)F. The van der Waals surface area contributed by atoms with Crippen molar-refractivity contribution in [2.45, 2.75) is 44.7 Å². The number of anilines is 1. The summed E-state index contributed by atoms with van der Waals surface area (Å²) in [6.07, 6.45) is 4.66. The molecule has 0 spiro atoms. The summed E-state index contributed by atoms with van der Waals surface area (Å²) in [5.41, 5.74) is 2.25. The average molecular weight is 454 g/mol. The minimum atomic E-state index is -5.08. The molecule has 1 aliphatic heterocycles. The van der Waals surface area contributed by atoms with E-state index < -0.39 is 12.1 Å². The largest absolute Gasteiger partial charge is 0.490 e. The second-order valence-electron chi connectivity index (χ2n) is 7.74. The van der Waals surface area contributed by atoms with E-state index in [0.717, 1.165) is 49.7 Å². The van der Waals surface area contributed by atoms with E-state index in [1.165, 1.54) is 0 Å². The summed E-state index contributed by atoms with van der Waals surface area (Å²) in [5, 5.41) is 7.12. The number of nitrogens with zero attached hydrogens (tertiary/aromatic N) is 4. The third-order valence-corrected chi connectivity index (χ3v) is 5.27. The van der Waals surface area contributed by atoms with Crippen molar-refractivity contribution in [2.75, 3.05) is 24.7 Å². The van der Waals surface area contributed by atoms with Crippen LogP contribution in [0.4, 0.5) is 19.1 Å². The van der Waals surface area contributed by atoms with Crippen LogP contribution in [0, 0.1) is 12.8 Å². The first-order chi connectivity index (χ1) is 15.2. The fraction of sp³-hybridized carbons (Fsp3) is 0.524. The van der Waals surface area contributed by atoms with E-state index in [9.17, 15) is 13.2 Å². The van der Waals surface area contributed by atoms with E-state index in [2.05, 4.69) is 19.9 Å². The minimum Gasteiger partial charge on any atom is -0.475 e. The maximum absolute atomic E-state index is 10.6. The summed E-state index contributed by atoms with van der Waals surface area (Å²) in [6.45, 7) is 5.01. The zero-order valence-electron chi connectivity index (χ0n) is 17.5. The lowest BCUT2D eigenvalue weighted by Gasteiger charge is -2.37. The quantitative estimate of drug-likeness (QED) is 0.737. The van der Waals surface area contributed by atoms with Crippen molar-refractivity contribution in [2.24, 2.45) is 5.92 Å². The molecule has 3 atom stereocenters. The van der Waals surface area contributed by atoms with Crippen LogP contribution in [0.25, 0.3) is 0 Å². The van der Waals surface area contributed by atoms with Gasteiger partial charge in [-0.2, -0.15) is 13.2 Å². The van der Waals surface area contributed by atoms with Crippen molar-refractivity contribution < 1.29 is 32.5 Å². The van der Waals surface area contributed by atoms with Gasteiger partial charge in [0.1, 0.15) is 0 Å². The molecule has 11 heteroatoms. The van der Waals surface area contributed by atoms with Gasteiger partial charge >= 0.3 is 12.1 Å². The molecule has 0 radical (unpaired) electrons. The van der Waals surface area contributed by atoms with E-state index in [1.807, 2.05) is 31.5 Å². The van der Waals surface area contributed by atoms with Gasteiger partial charge in [0.2, 0.25) is 5.95 Å². The Kier molecular flexibility index (Phi) is 7.97. The highest BCUT2D eigenvalue weighted by Crippen LogP contribution is 2.35. The van der Waals surface area contributed by atoms with Gasteiger partial charge in [-0.15, -0.1) is 0 Å². The van der Waals surface area contributed by atoms with Crippen molar-refractivity contribution in [3.63, 3.8) is 0 Å². The molecule has 3 heterocycles. The number of morpholine rings is 1. The van der Waals surface area contributed by atoms with Gasteiger partial charge in [-0.25, -0.2) is 14.8 Å². The molecule has 1 N–H and O–H groups in total. The van der Waals surface area contributed by atoms with Crippen LogP contribution in [0.2, 0.25) is 0 Å². The number of carboxylic acids is 1. The highest BCUT2D eigenvalue weighted by Gasteiger charge is 2.42. The van der Waals surface area contributed by atoms with Gasteiger partial charge in [0.05, 0.1) is 32.0 Å². The Balaban J connectivity index is 0.000000360. The Morgan fingerprint density at radius 2 is 1.91 bits per heavy atom. The van der Waals surface area contributed by atoms with Crippen LogP contribution in [0.1, 0.15) is 24.0 Å². The van der Waals surface area contributed by atoms with Crippen LogP contribution in [-0.2, 0) is 20.9 Å². The number of aromatic nitrogens is 3. The fourth-order valence-corrected chi connectivity index (χ4v) is 3.79. The summed E-state index contributed by atoms with van der Waals surface area (Å²) < 4.78 is 43.7. The summed E-state index contributed by atoms with van der Waals surface area (Å²) in [4.78, 5) is 24.3. The molecular formula is C21H25F3N4O4. The molecule has 0 aromatic carbocycles. The van der Waals surface area contributed by atoms with Gasteiger partial charge in [-0.05, 0) is 48.9 Å². The Bertz CT molecular complexity index is 868. The van der Waals surface area contributed by atoms with E-state index in [4.69, 9.17) is 19.4 Å². The number of halogens is 3. The molecule has 0 bridgehead atoms. The van der Waals surface area contributed by atoms with Crippen molar-refractivity contribution >= 4 is 11.9 Å². The zero-order valence-corrected chi connectivity index (χ0v) is 17.5. The number of alkyl halides is 3. The number of carbonyl (C=O) groups is 1. The smallest absolute Gasteiger partial charge is 0.475 e. The molecule has 1 saturated heterocycles. The predicted octanol–water partition coefficient (Wildman–Crippen LogP) is 3.01. The number of pyridine rings is 1. The summed E-state index contributed by atoms with van der Waals surface area (Å²) >= 11 is 0. The first kappa shape index (κ1) is 23.9. The maximum Gasteiger partial charge on any atom is 0.490 e. The number of ether oxygens (including phenoxy) is 2. The molecule has 174 valence electrons. The second-order valence-corrected chi connectivity index (χ2v) is 7.74. The maximum atomic E-state index is 10.6. The second kappa shape index (κ2) is 10.7. The summed E-state index contributed by atoms with van der Waals surface area (Å²) in [5.74, 6) is -1.42. The molecule has 2 aliphatic rings. The minimum absolute atomic E-state index is 0.258. The Morgan fingerprint density at radius 3 is 2.53 bits per heavy atom. The van der Waals surface area contributed by atoms with E-state index >= 15 is 0 Å². The predicted molar refractivity (Wildman–Crippen MR) is 108 cm³/mol. The highest BCUT2D eigenvalue weighted by atomic mass is 19.4. The van der Waals surface area contributed by atoms with Gasteiger partial charge in [0, 0.05) is 31.3 Å². The molecule has 2 aromatic heterocycles. The molecule has 32 heavy (non-hydrogen) atoms. The molecule has 8 nitrogen and oxygen atoms in total. The molecule has 1 aliphatic carbocycles. The molecule has 0 amide bonds. The van der Waals surface area contributed by atoms with Crippen molar-refractivity contribution in [1.82, 2.24) is 15.0 Å². The van der Waals surface area contributed by atoms with Gasteiger partial charge in [0.15, 0.2) is 0 Å². The van der Waals surface area contributed by atoms with Crippen LogP contribution >= 0.6 is 0 Å². The summed E-state index contributed by atoms with van der Waals surface area (Å²) in [6, 6.07) is 4.34. The Hall–Kier alpha value is -2.79. The number of carboxylic acid groups (broad SMARTS) is 1. The third kappa shape index (κ3) is 6.60. The number of fused-ring (bicyclic) bond motifs is 1. The van der Waals surface area contributed by atoms with Crippen molar-refractivity contribution in [1.29, 1.82) is 0 Å². The van der Waals surface area contributed by atoms with E-state index in [-0.39, 0.29) is 6.10 Å². The first-order valence-corrected chi connectivity index (χ1v) is 10.2. The molecular weight excluding hydrogens is 429 g/mol. The lowest BCUT2D eigenvalue weighted by Crippen LogP contribution is -2.49. The lowest BCUT2D eigenvalue weighted by atomic mass is 10.1. The number of hydrogen-bond acceptors (Lipinski definition) is 7. The van der Waals surface area contributed by atoms with Crippen LogP contribution in [0.5, 0.6) is 0 Å². The number of aryl methyl sites for hydroxylation is 1. The monoisotopic (exact) mass is 454 g/mol. The average Bonchev–Trinajstić information content (AvgIpc) is 3.18. The van der Waals surface area contributed by atoms with Crippen LogP contribution in [-0.4, -0.2) is 64.1 Å². The summed E-state index contributed by atoms with van der Waals surface area (Å²) in [7, 11) is 0. The van der Waals surface area contributed by atoms with Crippen LogP contribution in [0.15, 0.2) is 36.9 Å². The van der Waals surface area contributed by atoms with Gasteiger partial charge in [0.25, 0.3) is 0 Å². The lowest BCUT2D eigenvalue weighted by molar-refractivity contribution is -0.192. The molecule has 4 rings (SSSR count). The Labute approximate surface area is 183 Å². The van der Waals surface area contributed by atoms with Gasteiger partial charge in [-0.1, -0.05) is 0 Å². The molecule has 2 fully saturated rings. The zero-order chi connectivity index (χ0) is 23.1. The first-order valence-electron chi connectivity index (χ1n) is 10.2. The number of aliphatic carboxylic acids is 1. The normalized spacial score (nSPS) is 22.6. The standard InChI is InChI=1S/C19H24N4O2.C2HF3O2/c1-14-10-21-19(22-11-14)23-6-7-25-18-9-16(8-17(18)23)13-24-12-15-2-4-20-5-3-15;3-2(4,5)1(6)7/h2-5,10-11,16-18H,6-9,12-13H2,1H3;(H,6,7)/t16?,17-,18-;/m0./s1.